The van der Waals surface area contributed by atoms with Gasteiger partial charge in [0.2, 0.25) is 5.69 Å². The molecule has 1 aliphatic rings. The Kier molecular flexibility index (Phi) is 6.17. The van der Waals surface area contributed by atoms with Gasteiger partial charge >= 0.3 is 16.1 Å². The highest BCUT2D eigenvalue weighted by Crippen LogP contribution is 2.52. The number of hydroxylamine groups is 1. The number of aromatic nitrogens is 4. The van der Waals surface area contributed by atoms with Crippen molar-refractivity contribution in [3.8, 4) is 16.8 Å². The summed E-state index contributed by atoms with van der Waals surface area (Å²) in [6.45, 7) is 1.86. The average molecular weight is 590 g/mol. The Labute approximate surface area is 247 Å². The monoisotopic (exact) mass is 589 g/mol. The Bertz CT molecular complexity index is 2100. The molecule has 43 heavy (non-hydrogen) atoms. The number of carbonyl (C=O) groups excluding carboxylic acids is 1. The minimum atomic E-state index is -4.47. The van der Waals surface area contributed by atoms with Crippen molar-refractivity contribution in [2.45, 2.75) is 11.8 Å². The third-order valence-electron chi connectivity index (χ3n) is 7.55. The van der Waals surface area contributed by atoms with Gasteiger partial charge in [0.1, 0.15) is 5.69 Å². The van der Waals surface area contributed by atoms with Crippen LogP contribution in [0.3, 0.4) is 0 Å². The second-order valence-corrected chi connectivity index (χ2v) is 11.8. The summed E-state index contributed by atoms with van der Waals surface area (Å²) in [5, 5.41) is 4.84. The SMILES string of the molecule is Cc1ccc(S(=O)(=O)O[N+]2(c3ccc(-n4cccn4)cc3)C(=O)N(C)c3cnc4ccc(-c5cccnc5)cc4c32)cc1. The van der Waals surface area contributed by atoms with Crippen molar-refractivity contribution >= 4 is 44.1 Å². The van der Waals surface area contributed by atoms with Crippen LogP contribution < -0.4 is 9.55 Å². The minimum Gasteiger partial charge on any atom is -0.264 e. The zero-order valence-electron chi connectivity index (χ0n) is 23.2. The fraction of sp³-hybridized carbons (Fsp3) is 0.0625. The van der Waals surface area contributed by atoms with Gasteiger partial charge in [-0.3, -0.25) is 14.9 Å². The van der Waals surface area contributed by atoms with E-state index in [2.05, 4.69) is 15.1 Å². The zero-order chi connectivity index (χ0) is 29.8. The molecule has 212 valence electrons. The number of amides is 2. The summed E-state index contributed by atoms with van der Waals surface area (Å²) >= 11 is 0. The molecular weight excluding hydrogens is 564 g/mol. The van der Waals surface area contributed by atoms with Crippen molar-refractivity contribution in [3.05, 3.63) is 121 Å². The second-order valence-electron chi connectivity index (χ2n) is 10.2. The van der Waals surface area contributed by atoms with E-state index in [1.54, 1.807) is 85.2 Å². The lowest BCUT2D eigenvalue weighted by atomic mass is 10.0. The first-order valence-corrected chi connectivity index (χ1v) is 14.8. The van der Waals surface area contributed by atoms with Crippen molar-refractivity contribution < 1.29 is 17.5 Å². The first-order chi connectivity index (χ1) is 20.8. The van der Waals surface area contributed by atoms with E-state index in [4.69, 9.17) is 4.28 Å². The van der Waals surface area contributed by atoms with E-state index in [0.29, 0.717) is 28.0 Å². The molecule has 10 nitrogen and oxygen atoms in total. The highest BCUT2D eigenvalue weighted by molar-refractivity contribution is 7.86. The van der Waals surface area contributed by atoms with Crippen molar-refractivity contribution in [2.24, 2.45) is 0 Å². The number of fused-ring (bicyclic) bond motifs is 3. The van der Waals surface area contributed by atoms with Crippen LogP contribution in [0.1, 0.15) is 5.56 Å². The molecule has 0 bridgehead atoms. The van der Waals surface area contributed by atoms with Gasteiger partial charge in [-0.05, 0) is 69.9 Å². The standard InChI is InChI=1S/C32H25N6O4S/c1-22-6-13-27(14-7-22)43(40,41)42-38(26-11-9-25(10-12-26)37-18-4-17-35-37)31-28-19-23(24-5-3-16-33-20-24)8-15-29(28)34-21-30(31)36(2)32(38)39/h3-21H,1-2H3/q+1. The summed E-state index contributed by atoms with van der Waals surface area (Å²) < 4.78 is 34.7. The molecule has 3 aromatic carbocycles. The van der Waals surface area contributed by atoms with Crippen LogP contribution in [0.4, 0.5) is 21.9 Å². The summed E-state index contributed by atoms with van der Waals surface area (Å²) in [4.78, 5) is 24.6. The lowest BCUT2D eigenvalue weighted by Gasteiger charge is -2.27. The number of hydrogen-bond acceptors (Lipinski definition) is 7. The first kappa shape index (κ1) is 26.7. The molecule has 11 heteroatoms. The summed E-state index contributed by atoms with van der Waals surface area (Å²) in [6, 6.07) is 23.8. The van der Waals surface area contributed by atoms with Gasteiger partial charge in [-0.25, -0.2) is 9.48 Å². The molecule has 3 aromatic heterocycles. The number of aryl methyl sites for hydroxylation is 1. The highest BCUT2D eigenvalue weighted by atomic mass is 32.2. The molecule has 4 heterocycles. The molecule has 1 unspecified atom stereocenters. The maximum atomic E-state index is 14.4. The first-order valence-electron chi connectivity index (χ1n) is 13.4. The number of nitrogens with zero attached hydrogens (tertiary/aromatic N) is 6. The van der Waals surface area contributed by atoms with Crippen LogP contribution in [0.2, 0.25) is 0 Å². The van der Waals surface area contributed by atoms with E-state index in [9.17, 15) is 13.2 Å². The number of benzene rings is 3. The third-order valence-corrected chi connectivity index (χ3v) is 8.82. The van der Waals surface area contributed by atoms with Gasteiger partial charge in [-0.15, -0.1) is 0 Å². The van der Waals surface area contributed by atoms with Crippen molar-refractivity contribution in [2.75, 3.05) is 11.9 Å². The topological polar surface area (TPSA) is 107 Å². The van der Waals surface area contributed by atoms with Gasteiger partial charge in [0, 0.05) is 49.5 Å². The van der Waals surface area contributed by atoms with E-state index < -0.39 is 20.8 Å². The van der Waals surface area contributed by atoms with Crippen LogP contribution in [-0.2, 0) is 14.4 Å². The van der Waals surface area contributed by atoms with E-state index in [-0.39, 0.29) is 4.90 Å². The average Bonchev–Trinajstić information content (AvgIpc) is 3.64. The molecule has 0 aliphatic carbocycles. The van der Waals surface area contributed by atoms with Gasteiger partial charge in [0.05, 0.1) is 27.7 Å². The molecule has 7 rings (SSSR count). The normalized spacial score (nSPS) is 16.5. The van der Waals surface area contributed by atoms with Crippen molar-refractivity contribution in [1.82, 2.24) is 24.4 Å². The molecule has 1 atom stereocenters. The Morgan fingerprint density at radius 1 is 0.860 bits per heavy atom. The number of urea groups is 1. The summed E-state index contributed by atoms with van der Waals surface area (Å²) in [7, 11) is -2.89. The molecule has 0 saturated heterocycles. The maximum absolute atomic E-state index is 14.4. The van der Waals surface area contributed by atoms with E-state index in [1.807, 2.05) is 37.3 Å². The number of quaternary nitrogens is 1. The van der Waals surface area contributed by atoms with E-state index in [0.717, 1.165) is 22.4 Å². The smallest absolute Gasteiger partial charge is 0.264 e. The van der Waals surface area contributed by atoms with Gasteiger partial charge in [0.25, 0.3) is 0 Å². The van der Waals surface area contributed by atoms with Crippen LogP contribution in [0.15, 0.2) is 121 Å². The lowest BCUT2D eigenvalue weighted by Crippen LogP contribution is -2.51. The number of carbonyl (C=O) groups is 1. The van der Waals surface area contributed by atoms with Crippen molar-refractivity contribution in [1.29, 1.82) is 0 Å². The Morgan fingerprint density at radius 2 is 1.65 bits per heavy atom. The molecule has 6 aromatic rings. The Morgan fingerprint density at radius 3 is 2.35 bits per heavy atom. The molecule has 0 radical (unpaired) electrons. The summed E-state index contributed by atoms with van der Waals surface area (Å²) in [6.07, 6.45) is 8.45. The number of pyridine rings is 2. The number of anilines is 1. The van der Waals surface area contributed by atoms with Gasteiger partial charge in [-0.1, -0.05) is 29.8 Å². The number of rotatable bonds is 6. The predicted octanol–water partition coefficient (Wildman–Crippen LogP) is 6.32. The quantitative estimate of drug-likeness (QED) is 0.209. The molecule has 1 aliphatic heterocycles. The number of hydrogen-bond donors (Lipinski definition) is 0. The Balaban J connectivity index is 1.51. The zero-order valence-corrected chi connectivity index (χ0v) is 24.0. The largest absolute Gasteiger partial charge is 0.468 e. The van der Waals surface area contributed by atoms with Crippen LogP contribution in [0.5, 0.6) is 0 Å². The van der Waals surface area contributed by atoms with Crippen LogP contribution >= 0.6 is 0 Å². The van der Waals surface area contributed by atoms with Crippen molar-refractivity contribution in [3.63, 3.8) is 0 Å². The van der Waals surface area contributed by atoms with Crippen LogP contribution in [-0.4, -0.2) is 41.2 Å². The van der Waals surface area contributed by atoms with Gasteiger partial charge < -0.3 is 0 Å². The van der Waals surface area contributed by atoms with Crippen LogP contribution in [0, 0.1) is 6.92 Å². The summed E-state index contributed by atoms with van der Waals surface area (Å²) in [5.74, 6) is 0. The van der Waals surface area contributed by atoms with Gasteiger partial charge in [-0.2, -0.15) is 13.5 Å². The van der Waals surface area contributed by atoms with Crippen LogP contribution in [0.25, 0.3) is 27.7 Å². The maximum Gasteiger partial charge on any atom is 0.468 e. The molecular formula is C32H25N6O4S+. The molecule has 2 amide bonds. The molecule has 0 spiro atoms. The van der Waals surface area contributed by atoms with E-state index in [1.165, 1.54) is 17.0 Å². The fourth-order valence-corrected chi connectivity index (χ4v) is 6.43. The highest BCUT2D eigenvalue weighted by Gasteiger charge is 2.60. The van der Waals surface area contributed by atoms with E-state index >= 15 is 0 Å². The predicted molar refractivity (Wildman–Crippen MR) is 163 cm³/mol. The molecule has 0 N–H and O–H groups in total. The Hall–Kier alpha value is -5.23. The second kappa shape index (κ2) is 9.95. The minimum absolute atomic E-state index is 0.0675. The van der Waals surface area contributed by atoms with Gasteiger partial charge in [0.15, 0.2) is 5.69 Å². The molecule has 0 saturated carbocycles. The third kappa shape index (κ3) is 4.29. The lowest BCUT2D eigenvalue weighted by molar-refractivity contribution is 0.0639. The fourth-order valence-electron chi connectivity index (χ4n) is 5.35. The summed E-state index contributed by atoms with van der Waals surface area (Å²) in [5.41, 5.74) is 4.93. The molecule has 0 fully saturated rings.